The SMILES string of the molecule is Cc1c(-c2ccc(Cl)cc2)c(C(=O)N2CCOCC2)n(CC2(N)CC2)c1C(F)(F)F. The zero-order valence-electron chi connectivity index (χ0n) is 16.6. The molecule has 1 aromatic carbocycles. The molecule has 2 fully saturated rings. The molecule has 0 radical (unpaired) electrons. The quantitative estimate of drug-likeness (QED) is 0.777. The van der Waals surface area contributed by atoms with Crippen LogP contribution in [-0.2, 0) is 17.5 Å². The van der Waals surface area contributed by atoms with Crippen LogP contribution in [0.4, 0.5) is 13.2 Å². The molecule has 1 amide bonds. The predicted molar refractivity (Wildman–Crippen MR) is 107 cm³/mol. The zero-order valence-corrected chi connectivity index (χ0v) is 17.3. The molecule has 0 unspecified atom stereocenters. The minimum atomic E-state index is -4.62. The van der Waals surface area contributed by atoms with E-state index < -0.39 is 23.3 Å². The first-order valence-corrected chi connectivity index (χ1v) is 10.2. The number of rotatable bonds is 4. The van der Waals surface area contributed by atoms with Crippen LogP contribution in [0.25, 0.3) is 11.1 Å². The zero-order chi connectivity index (χ0) is 21.7. The standard InChI is InChI=1S/C21H23ClF3N3O2/c1-13-16(14-2-4-15(22)5-3-14)17(19(29)27-8-10-30-11-9-27)28(12-20(26)6-7-20)18(13)21(23,24)25/h2-5H,6-12,26H2,1H3. The summed E-state index contributed by atoms with van der Waals surface area (Å²) in [5, 5.41) is 0.465. The summed E-state index contributed by atoms with van der Waals surface area (Å²) < 4.78 is 48.9. The van der Waals surface area contributed by atoms with Crippen LogP contribution in [0.15, 0.2) is 24.3 Å². The number of nitrogens with two attached hydrogens (primary N) is 1. The normalized spacial score (nSPS) is 18.5. The summed E-state index contributed by atoms with van der Waals surface area (Å²) >= 11 is 5.98. The van der Waals surface area contributed by atoms with Gasteiger partial charge in [-0.2, -0.15) is 13.2 Å². The van der Waals surface area contributed by atoms with E-state index in [0.29, 0.717) is 49.7 Å². The molecular formula is C21H23ClF3N3O2. The van der Waals surface area contributed by atoms with Crippen molar-refractivity contribution in [1.82, 2.24) is 9.47 Å². The lowest BCUT2D eigenvalue weighted by Crippen LogP contribution is -2.42. The monoisotopic (exact) mass is 441 g/mol. The van der Waals surface area contributed by atoms with Crippen LogP contribution in [0, 0.1) is 6.92 Å². The van der Waals surface area contributed by atoms with Gasteiger partial charge in [-0.3, -0.25) is 4.79 Å². The number of benzene rings is 1. The summed E-state index contributed by atoms with van der Waals surface area (Å²) in [6, 6.07) is 6.49. The van der Waals surface area contributed by atoms with E-state index in [1.807, 2.05) is 0 Å². The Morgan fingerprint density at radius 3 is 2.33 bits per heavy atom. The molecule has 2 N–H and O–H groups in total. The minimum absolute atomic E-state index is 0.0191. The van der Waals surface area contributed by atoms with Crippen molar-refractivity contribution in [3.05, 3.63) is 46.2 Å². The largest absolute Gasteiger partial charge is 0.431 e. The molecule has 1 saturated carbocycles. The molecular weight excluding hydrogens is 419 g/mol. The second kappa shape index (κ2) is 7.59. The van der Waals surface area contributed by atoms with Crippen LogP contribution in [0.3, 0.4) is 0 Å². The Hall–Kier alpha value is -2.03. The lowest BCUT2D eigenvalue weighted by atomic mass is 10.00. The van der Waals surface area contributed by atoms with Gasteiger partial charge in [-0.05, 0) is 43.0 Å². The second-order valence-electron chi connectivity index (χ2n) is 8.05. The van der Waals surface area contributed by atoms with Gasteiger partial charge >= 0.3 is 6.18 Å². The van der Waals surface area contributed by atoms with E-state index in [0.717, 1.165) is 4.57 Å². The van der Waals surface area contributed by atoms with Crippen LogP contribution in [0.5, 0.6) is 0 Å². The highest BCUT2D eigenvalue weighted by Crippen LogP contribution is 2.44. The van der Waals surface area contributed by atoms with E-state index in [1.54, 1.807) is 29.2 Å². The number of morpholine rings is 1. The number of aromatic nitrogens is 1. The van der Waals surface area contributed by atoms with Crippen molar-refractivity contribution < 1.29 is 22.7 Å². The van der Waals surface area contributed by atoms with Crippen molar-refractivity contribution in [1.29, 1.82) is 0 Å². The molecule has 162 valence electrons. The van der Waals surface area contributed by atoms with Crippen molar-refractivity contribution >= 4 is 17.5 Å². The van der Waals surface area contributed by atoms with Gasteiger partial charge in [0, 0.05) is 35.8 Å². The fraction of sp³-hybridized carbons (Fsp3) is 0.476. The van der Waals surface area contributed by atoms with Gasteiger partial charge in [0.1, 0.15) is 11.4 Å². The molecule has 0 bridgehead atoms. The van der Waals surface area contributed by atoms with Crippen LogP contribution in [0.1, 0.15) is 34.6 Å². The fourth-order valence-electron chi connectivity index (χ4n) is 4.01. The van der Waals surface area contributed by atoms with Crippen molar-refractivity contribution in [2.45, 2.75) is 38.0 Å². The molecule has 2 aromatic rings. The first kappa shape index (κ1) is 21.2. The Kier molecular flexibility index (Phi) is 5.36. The smallest absolute Gasteiger partial charge is 0.378 e. The minimum Gasteiger partial charge on any atom is -0.378 e. The Morgan fingerprint density at radius 2 is 1.80 bits per heavy atom. The number of halogens is 4. The van der Waals surface area contributed by atoms with Gasteiger partial charge in [-0.25, -0.2) is 0 Å². The Morgan fingerprint density at radius 1 is 1.20 bits per heavy atom. The third kappa shape index (κ3) is 3.96. The summed E-state index contributed by atoms with van der Waals surface area (Å²) in [6.07, 6.45) is -3.37. The fourth-order valence-corrected chi connectivity index (χ4v) is 4.14. The topological polar surface area (TPSA) is 60.5 Å². The molecule has 30 heavy (non-hydrogen) atoms. The third-order valence-corrected chi connectivity index (χ3v) is 6.03. The average Bonchev–Trinajstić information content (AvgIpc) is 3.34. The van der Waals surface area contributed by atoms with E-state index in [9.17, 15) is 18.0 Å². The predicted octanol–water partition coefficient (Wildman–Crippen LogP) is 4.10. The number of carbonyl (C=O) groups excluding carboxylic acids is 1. The summed E-state index contributed by atoms with van der Waals surface area (Å²) in [6.45, 7) is 2.73. The Balaban J connectivity index is 1.95. The van der Waals surface area contributed by atoms with Gasteiger partial charge in [-0.15, -0.1) is 0 Å². The molecule has 5 nitrogen and oxygen atoms in total. The molecule has 1 aromatic heterocycles. The molecule has 0 spiro atoms. The number of nitrogens with zero attached hydrogens (tertiary/aromatic N) is 2. The number of ether oxygens (including phenoxy) is 1. The maximum Gasteiger partial charge on any atom is 0.431 e. The Bertz CT molecular complexity index is 959. The van der Waals surface area contributed by atoms with E-state index in [1.165, 1.54) is 6.92 Å². The molecule has 1 aliphatic carbocycles. The van der Waals surface area contributed by atoms with E-state index in [-0.39, 0.29) is 23.4 Å². The summed E-state index contributed by atoms with van der Waals surface area (Å²) in [5.41, 5.74) is 5.51. The lowest BCUT2D eigenvalue weighted by molar-refractivity contribution is -0.144. The van der Waals surface area contributed by atoms with Crippen molar-refractivity contribution in [2.75, 3.05) is 26.3 Å². The number of hydrogen-bond donors (Lipinski definition) is 1. The number of carbonyl (C=O) groups is 1. The van der Waals surface area contributed by atoms with Gasteiger partial charge in [0.25, 0.3) is 5.91 Å². The first-order chi connectivity index (χ1) is 14.1. The maximum atomic E-state index is 14.2. The molecule has 2 aliphatic rings. The summed E-state index contributed by atoms with van der Waals surface area (Å²) in [5.74, 6) is -0.439. The van der Waals surface area contributed by atoms with Crippen molar-refractivity contribution in [2.24, 2.45) is 5.73 Å². The number of amides is 1. The van der Waals surface area contributed by atoms with E-state index in [4.69, 9.17) is 22.1 Å². The average molecular weight is 442 g/mol. The third-order valence-electron chi connectivity index (χ3n) is 5.77. The Labute approximate surface area is 177 Å². The van der Waals surface area contributed by atoms with Crippen LogP contribution in [-0.4, -0.2) is 47.2 Å². The van der Waals surface area contributed by atoms with Crippen LogP contribution < -0.4 is 5.73 Å². The lowest BCUT2D eigenvalue weighted by Gasteiger charge is -2.28. The highest BCUT2D eigenvalue weighted by atomic mass is 35.5. The van der Waals surface area contributed by atoms with E-state index in [2.05, 4.69) is 0 Å². The van der Waals surface area contributed by atoms with Crippen LogP contribution >= 0.6 is 11.6 Å². The first-order valence-electron chi connectivity index (χ1n) is 9.83. The number of hydrogen-bond acceptors (Lipinski definition) is 3. The van der Waals surface area contributed by atoms with Crippen LogP contribution in [0.2, 0.25) is 5.02 Å². The molecule has 9 heteroatoms. The summed E-state index contributed by atoms with van der Waals surface area (Å²) in [7, 11) is 0. The van der Waals surface area contributed by atoms with Crippen molar-refractivity contribution in [3.8, 4) is 11.1 Å². The molecule has 2 heterocycles. The van der Waals surface area contributed by atoms with E-state index >= 15 is 0 Å². The molecule has 1 aliphatic heterocycles. The van der Waals surface area contributed by atoms with Gasteiger partial charge in [-0.1, -0.05) is 23.7 Å². The molecule has 1 saturated heterocycles. The second-order valence-corrected chi connectivity index (χ2v) is 8.49. The summed E-state index contributed by atoms with van der Waals surface area (Å²) in [4.78, 5) is 15.0. The van der Waals surface area contributed by atoms with Gasteiger partial charge in [0.05, 0.1) is 13.2 Å². The van der Waals surface area contributed by atoms with Gasteiger partial charge < -0.3 is 19.9 Å². The maximum absolute atomic E-state index is 14.2. The highest BCUT2D eigenvalue weighted by molar-refractivity contribution is 6.30. The molecule has 0 atom stereocenters. The highest BCUT2D eigenvalue weighted by Gasteiger charge is 2.46. The van der Waals surface area contributed by atoms with Gasteiger partial charge in [0.2, 0.25) is 0 Å². The molecule has 4 rings (SSSR count). The number of alkyl halides is 3. The van der Waals surface area contributed by atoms with Crippen molar-refractivity contribution in [3.63, 3.8) is 0 Å². The van der Waals surface area contributed by atoms with Gasteiger partial charge in [0.15, 0.2) is 0 Å².